The molecule has 1 aliphatic heterocycles. The zero-order valence-electron chi connectivity index (χ0n) is 15.2. The molecule has 0 aromatic carbocycles. The lowest BCUT2D eigenvalue weighted by atomic mass is 9.94. The van der Waals surface area contributed by atoms with Crippen LogP contribution in [-0.4, -0.2) is 53.5 Å². The second kappa shape index (κ2) is 7.84. The summed E-state index contributed by atoms with van der Waals surface area (Å²) < 4.78 is 24.5. The number of pyridine rings is 1. The molecular weight excluding hydrogens is 364 g/mol. The number of carbonyl (C=O) groups excluding carboxylic acids is 1. The highest BCUT2D eigenvalue weighted by Crippen LogP contribution is 2.31. The minimum atomic E-state index is -3.50. The lowest BCUT2D eigenvalue weighted by Crippen LogP contribution is -2.39. The van der Waals surface area contributed by atoms with Crippen molar-refractivity contribution in [3.05, 3.63) is 36.4 Å². The van der Waals surface area contributed by atoms with Crippen LogP contribution in [0.25, 0.3) is 11.4 Å². The molecule has 7 nitrogen and oxygen atoms in total. The highest BCUT2D eigenvalue weighted by atomic mass is 32.2. The van der Waals surface area contributed by atoms with Gasteiger partial charge in [-0.25, -0.2) is 18.4 Å². The summed E-state index contributed by atoms with van der Waals surface area (Å²) in [4.78, 5) is 26.8. The maximum absolute atomic E-state index is 12.3. The summed E-state index contributed by atoms with van der Waals surface area (Å²) in [7, 11) is -3.50. The predicted octanol–water partition coefficient (Wildman–Crippen LogP) is 1.67. The average molecular weight is 384 g/mol. The van der Waals surface area contributed by atoms with Crippen molar-refractivity contribution >= 4 is 15.7 Å². The first-order valence-electron chi connectivity index (χ1n) is 8.59. The summed E-state index contributed by atoms with van der Waals surface area (Å²) >= 11 is 0. The standard InChI is InChI=1S/C19H20N4O3S/c1-3-6-17(24)23-10-5-8-15(13-23)18-16(27(2,25)26)12-21-19(22-18)14-7-4-9-20-11-14/h4,7,9,11-12,15H,5,8,10,13H2,1-2H3. The number of hydrogen-bond acceptors (Lipinski definition) is 6. The van der Waals surface area contributed by atoms with Crippen molar-refractivity contribution in [2.24, 2.45) is 0 Å². The first-order chi connectivity index (χ1) is 12.9. The molecule has 0 spiro atoms. The van der Waals surface area contributed by atoms with E-state index in [9.17, 15) is 13.2 Å². The van der Waals surface area contributed by atoms with Crippen LogP contribution in [0.5, 0.6) is 0 Å². The fourth-order valence-electron chi connectivity index (χ4n) is 3.17. The van der Waals surface area contributed by atoms with Crippen molar-refractivity contribution < 1.29 is 13.2 Å². The van der Waals surface area contributed by atoms with Gasteiger partial charge in [0.2, 0.25) is 0 Å². The van der Waals surface area contributed by atoms with Crippen molar-refractivity contribution in [3.8, 4) is 23.2 Å². The maximum Gasteiger partial charge on any atom is 0.298 e. The largest absolute Gasteiger partial charge is 0.331 e. The summed E-state index contributed by atoms with van der Waals surface area (Å²) in [5.74, 6) is 5.15. The molecule has 0 radical (unpaired) electrons. The minimum absolute atomic E-state index is 0.107. The van der Waals surface area contributed by atoms with Gasteiger partial charge in [-0.2, -0.15) is 0 Å². The molecule has 0 bridgehead atoms. The number of rotatable bonds is 3. The van der Waals surface area contributed by atoms with Crippen LogP contribution in [0.4, 0.5) is 0 Å². The Hall–Kier alpha value is -2.79. The molecule has 1 fully saturated rings. The van der Waals surface area contributed by atoms with Crippen LogP contribution in [0.3, 0.4) is 0 Å². The number of amides is 1. The number of aromatic nitrogens is 3. The van der Waals surface area contributed by atoms with Gasteiger partial charge in [0, 0.05) is 49.4 Å². The van der Waals surface area contributed by atoms with Crippen molar-refractivity contribution in [2.75, 3.05) is 19.3 Å². The Morgan fingerprint density at radius 2 is 2.15 bits per heavy atom. The maximum atomic E-state index is 12.3. The number of hydrogen-bond donors (Lipinski definition) is 0. The van der Waals surface area contributed by atoms with E-state index in [0.717, 1.165) is 19.1 Å². The Kier molecular flexibility index (Phi) is 5.51. The number of piperidine rings is 1. The SMILES string of the molecule is CC#CC(=O)N1CCCC(c2nc(-c3cccnc3)ncc2S(C)(=O)=O)C1. The third-order valence-corrected chi connectivity index (χ3v) is 5.54. The van der Waals surface area contributed by atoms with Crippen LogP contribution in [0, 0.1) is 11.8 Å². The van der Waals surface area contributed by atoms with Crippen molar-refractivity contribution in [1.29, 1.82) is 0 Å². The van der Waals surface area contributed by atoms with E-state index in [1.165, 1.54) is 6.20 Å². The molecule has 3 heterocycles. The number of nitrogens with zero attached hydrogens (tertiary/aromatic N) is 4. The molecule has 2 aromatic rings. The zero-order chi connectivity index (χ0) is 19.4. The van der Waals surface area contributed by atoms with Gasteiger partial charge in [-0.3, -0.25) is 9.78 Å². The van der Waals surface area contributed by atoms with Gasteiger partial charge in [-0.1, -0.05) is 5.92 Å². The van der Waals surface area contributed by atoms with Crippen LogP contribution in [0.1, 0.15) is 31.4 Å². The summed E-state index contributed by atoms with van der Waals surface area (Å²) in [6.45, 7) is 2.62. The fraction of sp³-hybridized carbons (Fsp3) is 0.368. The Labute approximate surface area is 158 Å². The second-order valence-corrected chi connectivity index (χ2v) is 8.41. The lowest BCUT2D eigenvalue weighted by molar-refractivity contribution is -0.126. The van der Waals surface area contributed by atoms with E-state index < -0.39 is 9.84 Å². The number of likely N-dealkylation sites (tertiary alicyclic amines) is 1. The summed E-state index contributed by atoms with van der Waals surface area (Å²) in [5, 5.41) is 0. The van der Waals surface area contributed by atoms with Gasteiger partial charge in [0.05, 0.1) is 5.69 Å². The van der Waals surface area contributed by atoms with E-state index in [1.54, 1.807) is 30.3 Å². The van der Waals surface area contributed by atoms with E-state index in [0.29, 0.717) is 30.2 Å². The molecule has 2 aromatic heterocycles. The lowest BCUT2D eigenvalue weighted by Gasteiger charge is -2.31. The highest BCUT2D eigenvalue weighted by Gasteiger charge is 2.29. The first-order valence-corrected chi connectivity index (χ1v) is 10.5. The topological polar surface area (TPSA) is 93.1 Å². The number of carbonyl (C=O) groups is 1. The van der Waals surface area contributed by atoms with E-state index in [1.807, 2.05) is 6.07 Å². The van der Waals surface area contributed by atoms with Crippen LogP contribution in [0.2, 0.25) is 0 Å². The molecule has 3 rings (SSSR count). The minimum Gasteiger partial charge on any atom is -0.331 e. The van der Waals surface area contributed by atoms with Gasteiger partial charge in [-0.15, -0.1) is 0 Å². The van der Waals surface area contributed by atoms with Crippen LogP contribution < -0.4 is 0 Å². The van der Waals surface area contributed by atoms with Gasteiger partial charge >= 0.3 is 0 Å². The molecule has 1 aliphatic rings. The Balaban J connectivity index is 2.03. The van der Waals surface area contributed by atoms with E-state index in [4.69, 9.17) is 0 Å². The Morgan fingerprint density at radius 1 is 1.33 bits per heavy atom. The zero-order valence-corrected chi connectivity index (χ0v) is 16.0. The van der Waals surface area contributed by atoms with E-state index >= 15 is 0 Å². The third-order valence-electron chi connectivity index (χ3n) is 4.43. The van der Waals surface area contributed by atoms with Gasteiger partial charge in [0.1, 0.15) is 4.90 Å². The van der Waals surface area contributed by atoms with Crippen molar-refractivity contribution in [2.45, 2.75) is 30.6 Å². The van der Waals surface area contributed by atoms with E-state index in [2.05, 4.69) is 26.8 Å². The molecule has 8 heteroatoms. The Morgan fingerprint density at radius 3 is 2.81 bits per heavy atom. The molecule has 1 unspecified atom stereocenters. The predicted molar refractivity (Wildman–Crippen MR) is 100 cm³/mol. The number of sulfone groups is 1. The van der Waals surface area contributed by atoms with Crippen molar-refractivity contribution in [3.63, 3.8) is 0 Å². The molecule has 0 N–H and O–H groups in total. The molecule has 1 amide bonds. The molecule has 140 valence electrons. The van der Waals surface area contributed by atoms with E-state index in [-0.39, 0.29) is 16.7 Å². The van der Waals surface area contributed by atoms with Gasteiger partial charge in [0.15, 0.2) is 15.7 Å². The molecule has 0 aliphatic carbocycles. The molecule has 27 heavy (non-hydrogen) atoms. The van der Waals surface area contributed by atoms with Gasteiger partial charge < -0.3 is 4.90 Å². The highest BCUT2D eigenvalue weighted by molar-refractivity contribution is 7.90. The molecule has 0 saturated carbocycles. The van der Waals surface area contributed by atoms with Crippen molar-refractivity contribution in [1.82, 2.24) is 19.9 Å². The van der Waals surface area contributed by atoms with Crippen LogP contribution >= 0.6 is 0 Å². The third kappa shape index (κ3) is 4.31. The molecular formula is C19H20N4O3S. The fourth-order valence-corrected chi connectivity index (χ4v) is 4.00. The van der Waals surface area contributed by atoms with Crippen LogP contribution in [-0.2, 0) is 14.6 Å². The monoisotopic (exact) mass is 384 g/mol. The summed E-state index contributed by atoms with van der Waals surface area (Å²) in [6, 6.07) is 3.59. The summed E-state index contributed by atoms with van der Waals surface area (Å²) in [6.07, 6.45) is 7.29. The molecule has 1 saturated heterocycles. The second-order valence-electron chi connectivity index (χ2n) is 6.42. The normalized spacial score (nSPS) is 17.1. The van der Waals surface area contributed by atoms with Crippen LogP contribution in [0.15, 0.2) is 35.6 Å². The summed E-state index contributed by atoms with van der Waals surface area (Å²) in [5.41, 5.74) is 1.16. The van der Waals surface area contributed by atoms with Gasteiger partial charge in [0.25, 0.3) is 5.91 Å². The smallest absolute Gasteiger partial charge is 0.298 e. The quantitative estimate of drug-likeness (QED) is 0.748. The average Bonchev–Trinajstić information content (AvgIpc) is 2.68. The van der Waals surface area contributed by atoms with Gasteiger partial charge in [-0.05, 0) is 37.8 Å². The Bertz CT molecular complexity index is 1010. The molecule has 1 atom stereocenters. The first kappa shape index (κ1) is 19.0.